The van der Waals surface area contributed by atoms with Crippen LogP contribution in [0.5, 0.6) is 5.75 Å². The lowest BCUT2D eigenvalue weighted by Gasteiger charge is -2.23. The average Bonchev–Trinajstić information content (AvgIpc) is 3.53. The number of rotatable bonds is 5. The molecule has 2 aliphatic rings. The number of aryl methyl sites for hydroxylation is 1. The first-order valence-electron chi connectivity index (χ1n) is 10.7. The Labute approximate surface area is 181 Å². The molecule has 9 nitrogen and oxygen atoms in total. The molecule has 1 N–H and O–H groups in total. The highest BCUT2D eigenvalue weighted by molar-refractivity contribution is 6.04. The number of ether oxygens (including phenoxy) is 1. The van der Waals surface area contributed by atoms with Crippen LogP contribution in [0.1, 0.15) is 29.8 Å². The summed E-state index contributed by atoms with van der Waals surface area (Å²) in [7, 11) is 3.43. The summed E-state index contributed by atoms with van der Waals surface area (Å²) in [6.45, 7) is 4.36. The third-order valence-corrected chi connectivity index (χ3v) is 6.20. The van der Waals surface area contributed by atoms with Crippen LogP contribution in [0.25, 0.3) is 10.9 Å². The molecule has 31 heavy (non-hydrogen) atoms. The number of nitrogens with one attached hydrogen (secondary N) is 1. The molecule has 4 heterocycles. The Hall–Kier alpha value is -3.20. The van der Waals surface area contributed by atoms with Crippen LogP contribution < -0.4 is 15.0 Å². The molecule has 5 rings (SSSR count). The number of anilines is 2. The van der Waals surface area contributed by atoms with Gasteiger partial charge in [-0.1, -0.05) is 0 Å². The third-order valence-electron chi connectivity index (χ3n) is 6.20. The summed E-state index contributed by atoms with van der Waals surface area (Å²) in [6, 6.07) is 4.26. The van der Waals surface area contributed by atoms with Gasteiger partial charge in [-0.2, -0.15) is 5.10 Å². The van der Waals surface area contributed by atoms with Crippen molar-refractivity contribution < 1.29 is 9.53 Å². The van der Waals surface area contributed by atoms with Crippen LogP contribution >= 0.6 is 0 Å². The summed E-state index contributed by atoms with van der Waals surface area (Å²) >= 11 is 0. The Morgan fingerprint density at radius 3 is 2.74 bits per heavy atom. The van der Waals surface area contributed by atoms with Crippen molar-refractivity contribution in [2.24, 2.45) is 7.05 Å². The minimum Gasteiger partial charge on any atom is -0.494 e. The molecule has 3 aromatic rings. The first kappa shape index (κ1) is 19.7. The van der Waals surface area contributed by atoms with Crippen molar-refractivity contribution >= 4 is 28.3 Å². The Morgan fingerprint density at radius 2 is 2.00 bits per heavy atom. The number of methoxy groups -OCH3 is 1. The van der Waals surface area contributed by atoms with Gasteiger partial charge >= 0.3 is 0 Å². The van der Waals surface area contributed by atoms with E-state index < -0.39 is 0 Å². The van der Waals surface area contributed by atoms with Crippen LogP contribution in [0.15, 0.2) is 30.7 Å². The fourth-order valence-electron chi connectivity index (χ4n) is 4.59. The second kappa shape index (κ2) is 8.14. The Kier molecular flexibility index (Phi) is 5.19. The number of hydrogen-bond acceptors (Lipinski definition) is 7. The zero-order valence-corrected chi connectivity index (χ0v) is 17.9. The van der Waals surface area contributed by atoms with Crippen molar-refractivity contribution in [3.05, 3.63) is 36.4 Å². The lowest BCUT2D eigenvalue weighted by Crippen LogP contribution is -2.35. The van der Waals surface area contributed by atoms with Gasteiger partial charge in [-0.3, -0.25) is 14.4 Å². The summed E-state index contributed by atoms with van der Waals surface area (Å²) in [5, 5.41) is 8.18. The highest BCUT2D eigenvalue weighted by Crippen LogP contribution is 2.30. The van der Waals surface area contributed by atoms with Gasteiger partial charge in [0.25, 0.3) is 5.91 Å². The van der Waals surface area contributed by atoms with E-state index in [1.165, 1.54) is 25.9 Å². The van der Waals surface area contributed by atoms with Crippen molar-refractivity contribution in [3.8, 4) is 5.75 Å². The van der Waals surface area contributed by atoms with Gasteiger partial charge < -0.3 is 15.0 Å². The van der Waals surface area contributed by atoms with Gasteiger partial charge in [0, 0.05) is 43.8 Å². The van der Waals surface area contributed by atoms with E-state index in [9.17, 15) is 4.79 Å². The van der Waals surface area contributed by atoms with Gasteiger partial charge in [0.2, 0.25) is 0 Å². The molecule has 2 aliphatic heterocycles. The third kappa shape index (κ3) is 3.93. The van der Waals surface area contributed by atoms with Crippen molar-refractivity contribution in [1.29, 1.82) is 0 Å². The summed E-state index contributed by atoms with van der Waals surface area (Å²) in [5.41, 5.74) is 1.65. The molecule has 0 radical (unpaired) electrons. The summed E-state index contributed by atoms with van der Waals surface area (Å²) in [5.74, 6) is 1.05. The lowest BCUT2D eigenvalue weighted by atomic mass is 10.2. The molecule has 2 fully saturated rings. The minimum absolute atomic E-state index is 0.271. The maximum absolute atomic E-state index is 12.8. The zero-order chi connectivity index (χ0) is 21.4. The van der Waals surface area contributed by atoms with Crippen LogP contribution in [-0.2, 0) is 7.05 Å². The fraction of sp³-hybridized carbons (Fsp3) is 0.455. The van der Waals surface area contributed by atoms with E-state index in [1.807, 2.05) is 25.4 Å². The fourth-order valence-corrected chi connectivity index (χ4v) is 4.59. The van der Waals surface area contributed by atoms with E-state index in [2.05, 4.69) is 30.2 Å². The van der Waals surface area contributed by atoms with Gasteiger partial charge in [-0.25, -0.2) is 9.97 Å². The Balaban J connectivity index is 1.28. The summed E-state index contributed by atoms with van der Waals surface area (Å²) in [6.07, 6.45) is 8.90. The van der Waals surface area contributed by atoms with E-state index in [-0.39, 0.29) is 11.6 Å². The topological polar surface area (TPSA) is 88.4 Å². The molecule has 0 unspecified atom stereocenters. The van der Waals surface area contributed by atoms with Gasteiger partial charge in [-0.15, -0.1) is 0 Å². The van der Waals surface area contributed by atoms with E-state index in [0.717, 1.165) is 36.2 Å². The first-order chi connectivity index (χ1) is 15.1. The quantitative estimate of drug-likeness (QED) is 0.676. The molecule has 2 saturated heterocycles. The van der Waals surface area contributed by atoms with Crippen molar-refractivity contribution in [2.45, 2.75) is 25.3 Å². The van der Waals surface area contributed by atoms with Gasteiger partial charge in [0.15, 0.2) is 0 Å². The van der Waals surface area contributed by atoms with Crippen LogP contribution in [0.3, 0.4) is 0 Å². The number of benzene rings is 1. The molecule has 2 aromatic heterocycles. The SMILES string of the molecule is COc1cc2nn(C)cc2cc1NC(=O)c1cnc(N2CC[C@H](N3CCCC3)C2)cn1. The predicted molar refractivity (Wildman–Crippen MR) is 119 cm³/mol. The van der Waals surface area contributed by atoms with Crippen LogP contribution in [-0.4, -0.2) is 69.9 Å². The largest absolute Gasteiger partial charge is 0.494 e. The number of likely N-dealkylation sites (tertiary alicyclic amines) is 1. The summed E-state index contributed by atoms with van der Waals surface area (Å²) < 4.78 is 7.16. The molecule has 9 heteroatoms. The van der Waals surface area contributed by atoms with E-state index in [1.54, 1.807) is 24.2 Å². The van der Waals surface area contributed by atoms with Crippen molar-refractivity contribution in [3.63, 3.8) is 0 Å². The maximum Gasteiger partial charge on any atom is 0.275 e. The molecule has 0 bridgehead atoms. The van der Waals surface area contributed by atoms with E-state index >= 15 is 0 Å². The number of hydrogen-bond donors (Lipinski definition) is 1. The number of fused-ring (bicyclic) bond motifs is 1. The van der Waals surface area contributed by atoms with Gasteiger partial charge in [0.1, 0.15) is 17.3 Å². The molecule has 0 aliphatic carbocycles. The van der Waals surface area contributed by atoms with Gasteiger partial charge in [-0.05, 0) is 38.4 Å². The van der Waals surface area contributed by atoms with Crippen LogP contribution in [0, 0.1) is 0 Å². The molecule has 1 aromatic carbocycles. The molecule has 1 amide bonds. The second-order valence-corrected chi connectivity index (χ2v) is 8.26. The lowest BCUT2D eigenvalue weighted by molar-refractivity contribution is 0.102. The summed E-state index contributed by atoms with van der Waals surface area (Å²) in [4.78, 5) is 26.5. The minimum atomic E-state index is -0.322. The molecular weight excluding hydrogens is 394 g/mol. The van der Waals surface area contributed by atoms with Crippen LogP contribution in [0.4, 0.5) is 11.5 Å². The molecule has 0 spiro atoms. The van der Waals surface area contributed by atoms with Crippen molar-refractivity contribution in [2.75, 3.05) is 43.5 Å². The van der Waals surface area contributed by atoms with E-state index in [0.29, 0.717) is 17.5 Å². The second-order valence-electron chi connectivity index (χ2n) is 8.26. The molecule has 162 valence electrons. The number of nitrogens with zero attached hydrogens (tertiary/aromatic N) is 6. The first-order valence-corrected chi connectivity index (χ1v) is 10.7. The zero-order valence-electron chi connectivity index (χ0n) is 17.9. The standard InChI is InChI=1S/C22H27N7O2/c1-27-13-15-9-18(20(31-2)10-17(15)26-27)25-22(30)19-11-24-21(12-23-19)29-8-5-16(14-29)28-6-3-4-7-28/h9-13,16H,3-8,14H2,1-2H3,(H,25,30)/t16-/m0/s1. The monoisotopic (exact) mass is 421 g/mol. The Bertz CT molecular complexity index is 1090. The molecule has 0 saturated carbocycles. The molecular formula is C22H27N7O2. The number of amides is 1. The van der Waals surface area contributed by atoms with Gasteiger partial charge in [0.05, 0.1) is 30.7 Å². The average molecular weight is 422 g/mol. The number of aromatic nitrogens is 4. The van der Waals surface area contributed by atoms with Crippen molar-refractivity contribution in [1.82, 2.24) is 24.6 Å². The highest BCUT2D eigenvalue weighted by atomic mass is 16.5. The normalized spacial score (nSPS) is 19.3. The van der Waals surface area contributed by atoms with Crippen LogP contribution in [0.2, 0.25) is 0 Å². The number of carbonyl (C=O) groups is 1. The Morgan fingerprint density at radius 1 is 1.16 bits per heavy atom. The number of carbonyl (C=O) groups excluding carboxylic acids is 1. The molecule has 1 atom stereocenters. The highest BCUT2D eigenvalue weighted by Gasteiger charge is 2.30. The smallest absolute Gasteiger partial charge is 0.275 e. The van der Waals surface area contributed by atoms with E-state index in [4.69, 9.17) is 4.74 Å². The predicted octanol–water partition coefficient (Wildman–Crippen LogP) is 2.30. The maximum atomic E-state index is 12.8.